The van der Waals surface area contributed by atoms with Gasteiger partial charge in [-0.15, -0.1) is 0 Å². The Bertz CT molecular complexity index is 1430. The minimum atomic E-state index is -0.922. The highest BCUT2D eigenvalue weighted by Crippen LogP contribution is 2.27. The molecule has 2 heterocycles. The van der Waals surface area contributed by atoms with Crippen LogP contribution in [0.2, 0.25) is 0 Å². The van der Waals surface area contributed by atoms with Crippen molar-refractivity contribution in [3.05, 3.63) is 90.6 Å². The minimum absolute atomic E-state index is 0.0965. The molecule has 0 fully saturated rings. The van der Waals surface area contributed by atoms with Crippen LogP contribution in [-0.2, 0) is 0 Å². The fraction of sp³-hybridized carbons (Fsp3) is 0.100. The van der Waals surface area contributed by atoms with Crippen molar-refractivity contribution >= 4 is 33.5 Å². The van der Waals surface area contributed by atoms with Gasteiger partial charge in [-0.05, 0) is 19.1 Å². The zero-order valence-corrected chi connectivity index (χ0v) is 15.6. The number of carbonyl (C=O) groups excluding carboxylic acids is 1. The second-order valence-electron chi connectivity index (χ2n) is 6.69. The van der Waals surface area contributed by atoms with E-state index in [9.17, 15) is 24.5 Å². The van der Waals surface area contributed by atoms with Crippen LogP contribution in [-0.4, -0.2) is 25.8 Å². The maximum absolute atomic E-state index is 12.9. The number of para-hydroxylation sites is 1. The second-order valence-corrected chi connectivity index (χ2v) is 6.69. The van der Waals surface area contributed by atoms with E-state index in [4.69, 9.17) is 0 Å². The number of nitrogens with zero attached hydrogens (tertiary/aromatic N) is 2. The number of nitrogens with one attached hydrogen (secondary N) is 3. The number of fused-ring (bicyclic) bond motifs is 2. The molecule has 30 heavy (non-hydrogen) atoms. The number of hydrogen-bond donors (Lipinski definition) is 3. The van der Waals surface area contributed by atoms with Crippen molar-refractivity contribution < 1.29 is 9.72 Å². The highest BCUT2D eigenvalue weighted by molar-refractivity contribution is 6.06. The molecule has 10 heteroatoms. The maximum atomic E-state index is 12.9. The summed E-state index contributed by atoms with van der Waals surface area (Å²) in [6, 6.07) is 10.4. The molecule has 0 aliphatic heterocycles. The molecule has 2 aromatic carbocycles. The van der Waals surface area contributed by atoms with E-state index in [1.165, 1.54) is 12.3 Å². The second kappa shape index (κ2) is 7.24. The minimum Gasteiger partial charge on any atom is -0.345 e. The van der Waals surface area contributed by atoms with E-state index < -0.39 is 28.0 Å². The number of amides is 1. The molecule has 0 saturated heterocycles. The van der Waals surface area contributed by atoms with Gasteiger partial charge in [0.25, 0.3) is 11.6 Å². The fourth-order valence-electron chi connectivity index (χ4n) is 3.33. The highest BCUT2D eigenvalue weighted by atomic mass is 16.6. The van der Waals surface area contributed by atoms with Gasteiger partial charge >= 0.3 is 11.1 Å². The van der Waals surface area contributed by atoms with Crippen molar-refractivity contribution in [1.29, 1.82) is 0 Å². The summed E-state index contributed by atoms with van der Waals surface area (Å²) in [5, 5.41) is 14.8. The van der Waals surface area contributed by atoms with E-state index in [2.05, 4.69) is 20.3 Å². The Morgan fingerprint density at radius 3 is 2.63 bits per heavy atom. The fourth-order valence-corrected chi connectivity index (χ4v) is 3.33. The van der Waals surface area contributed by atoms with Crippen LogP contribution in [0.25, 0.3) is 21.9 Å². The molecule has 4 aromatic rings. The average Bonchev–Trinajstić information content (AvgIpc) is 2.73. The van der Waals surface area contributed by atoms with Gasteiger partial charge in [0.1, 0.15) is 0 Å². The number of hydrogen-bond acceptors (Lipinski definition) is 6. The molecule has 0 spiro atoms. The first-order valence-electron chi connectivity index (χ1n) is 8.94. The summed E-state index contributed by atoms with van der Waals surface area (Å²) >= 11 is 0. The highest BCUT2D eigenvalue weighted by Gasteiger charge is 2.20. The van der Waals surface area contributed by atoms with Crippen molar-refractivity contribution in [2.45, 2.75) is 13.0 Å². The molecule has 4 rings (SSSR count). The third kappa shape index (κ3) is 3.30. The summed E-state index contributed by atoms with van der Waals surface area (Å²) in [5.74, 6) is -0.410. The van der Waals surface area contributed by atoms with Gasteiger partial charge < -0.3 is 15.3 Å². The van der Waals surface area contributed by atoms with E-state index >= 15 is 0 Å². The summed E-state index contributed by atoms with van der Waals surface area (Å²) in [4.78, 5) is 56.0. The molecular formula is C20H15N5O5. The number of aromatic amines is 2. The molecule has 3 N–H and O–H groups in total. The number of pyridine rings is 1. The van der Waals surface area contributed by atoms with Gasteiger partial charge in [0, 0.05) is 29.3 Å². The van der Waals surface area contributed by atoms with Gasteiger partial charge in [0.2, 0.25) is 0 Å². The Hall–Kier alpha value is -4.34. The number of benzene rings is 2. The molecule has 1 atom stereocenters. The van der Waals surface area contributed by atoms with Crippen LogP contribution in [0.1, 0.15) is 28.9 Å². The molecule has 0 aliphatic rings. The van der Waals surface area contributed by atoms with E-state index in [1.807, 2.05) is 6.07 Å². The monoisotopic (exact) mass is 405 g/mol. The van der Waals surface area contributed by atoms with Crippen molar-refractivity contribution in [2.75, 3.05) is 0 Å². The average molecular weight is 405 g/mol. The van der Waals surface area contributed by atoms with Crippen LogP contribution in [0.3, 0.4) is 0 Å². The van der Waals surface area contributed by atoms with E-state index in [1.54, 1.807) is 31.2 Å². The lowest BCUT2D eigenvalue weighted by Crippen LogP contribution is -2.31. The predicted molar refractivity (Wildman–Crippen MR) is 109 cm³/mol. The SMILES string of the molecule is CC(NC(=O)c1ccnc2ccccc12)c1cc([N+](=O)[O-])cc2[nH]c(=O)c(=O)[nH]c12. The molecule has 1 amide bonds. The Morgan fingerprint density at radius 1 is 1.13 bits per heavy atom. The maximum Gasteiger partial charge on any atom is 0.314 e. The number of carbonyl (C=O) groups is 1. The topological polar surface area (TPSA) is 151 Å². The van der Waals surface area contributed by atoms with Crippen molar-refractivity contribution in [1.82, 2.24) is 20.3 Å². The largest absolute Gasteiger partial charge is 0.345 e. The molecule has 10 nitrogen and oxygen atoms in total. The van der Waals surface area contributed by atoms with Crippen LogP contribution in [0.15, 0.2) is 58.3 Å². The number of H-pyrrole nitrogens is 2. The molecule has 150 valence electrons. The normalized spacial score (nSPS) is 12.0. The number of non-ortho nitro benzene ring substituents is 1. The van der Waals surface area contributed by atoms with Gasteiger partial charge in [-0.1, -0.05) is 18.2 Å². The van der Waals surface area contributed by atoms with Gasteiger partial charge in [-0.3, -0.25) is 29.5 Å². The first-order valence-corrected chi connectivity index (χ1v) is 8.94. The molecule has 0 bridgehead atoms. The Labute approximate surface area is 167 Å². The van der Waals surface area contributed by atoms with Gasteiger partial charge in [-0.25, -0.2) is 0 Å². The van der Waals surface area contributed by atoms with E-state index in [0.29, 0.717) is 22.0 Å². The number of rotatable bonds is 4. The Kier molecular flexibility index (Phi) is 4.59. The lowest BCUT2D eigenvalue weighted by atomic mass is 10.0. The Balaban J connectivity index is 1.79. The van der Waals surface area contributed by atoms with Crippen molar-refractivity contribution in [3.8, 4) is 0 Å². The van der Waals surface area contributed by atoms with E-state index in [0.717, 1.165) is 6.07 Å². The quantitative estimate of drug-likeness (QED) is 0.269. The summed E-state index contributed by atoms with van der Waals surface area (Å²) < 4.78 is 0. The van der Waals surface area contributed by atoms with Crippen LogP contribution in [0.4, 0.5) is 5.69 Å². The third-order valence-electron chi connectivity index (χ3n) is 4.77. The number of nitro benzene ring substituents is 1. The van der Waals surface area contributed by atoms with Crippen LogP contribution < -0.4 is 16.4 Å². The molecule has 2 aromatic heterocycles. The zero-order valence-electron chi connectivity index (χ0n) is 15.6. The van der Waals surface area contributed by atoms with Crippen molar-refractivity contribution in [2.24, 2.45) is 0 Å². The first kappa shape index (κ1) is 19.0. The first-order chi connectivity index (χ1) is 14.3. The number of nitro groups is 1. The van der Waals surface area contributed by atoms with Gasteiger partial charge in [0.15, 0.2) is 0 Å². The predicted octanol–water partition coefficient (Wildman–Crippen LogP) is 2.16. The van der Waals surface area contributed by atoms with Gasteiger partial charge in [-0.2, -0.15) is 0 Å². The molecule has 1 unspecified atom stereocenters. The van der Waals surface area contributed by atoms with Crippen LogP contribution in [0.5, 0.6) is 0 Å². The Morgan fingerprint density at radius 2 is 1.87 bits per heavy atom. The molecule has 0 radical (unpaired) electrons. The molecular weight excluding hydrogens is 390 g/mol. The standard InChI is InChI=1S/C20H15N5O5/c1-10(22-18(26)13-6-7-21-15-5-3-2-4-12(13)15)14-8-11(25(29)30)9-16-17(14)24-20(28)19(27)23-16/h2-10H,1H3,(H,22,26)(H,23,27)(H,24,28). The summed E-state index contributed by atoms with van der Waals surface area (Å²) in [6.07, 6.45) is 1.52. The smallest absolute Gasteiger partial charge is 0.314 e. The van der Waals surface area contributed by atoms with E-state index in [-0.39, 0.29) is 16.7 Å². The zero-order chi connectivity index (χ0) is 21.4. The number of aromatic nitrogens is 3. The van der Waals surface area contributed by atoms with Crippen LogP contribution >= 0.6 is 0 Å². The third-order valence-corrected chi connectivity index (χ3v) is 4.77. The summed E-state index contributed by atoms with van der Waals surface area (Å²) in [6.45, 7) is 1.63. The van der Waals surface area contributed by atoms with Gasteiger partial charge in [0.05, 0.1) is 33.1 Å². The van der Waals surface area contributed by atoms with Crippen molar-refractivity contribution in [3.63, 3.8) is 0 Å². The molecule has 0 aliphatic carbocycles. The van der Waals surface area contributed by atoms with Crippen LogP contribution in [0, 0.1) is 10.1 Å². The molecule has 0 saturated carbocycles. The summed E-state index contributed by atoms with van der Waals surface area (Å²) in [5.41, 5.74) is -0.457. The lowest BCUT2D eigenvalue weighted by molar-refractivity contribution is -0.384. The summed E-state index contributed by atoms with van der Waals surface area (Å²) in [7, 11) is 0. The lowest BCUT2D eigenvalue weighted by Gasteiger charge is -2.17.